The molecule has 0 fully saturated rings. The lowest BCUT2D eigenvalue weighted by molar-refractivity contribution is 0.964. The van der Waals surface area contributed by atoms with Crippen molar-refractivity contribution in [1.29, 1.82) is 0 Å². The molecule has 1 aliphatic rings. The van der Waals surface area contributed by atoms with Crippen LogP contribution in [0.1, 0.15) is 0 Å². The Morgan fingerprint density at radius 2 is 2.00 bits per heavy atom. The summed E-state index contributed by atoms with van der Waals surface area (Å²) in [5.41, 5.74) is 2.71. The number of para-hydroxylation sites is 1. The molecule has 0 unspecified atom stereocenters. The first-order chi connectivity index (χ1) is 6.45. The molecule has 2 aromatic rings. The maximum absolute atomic E-state index is 4.30. The van der Waals surface area contributed by atoms with Crippen molar-refractivity contribution in [2.75, 3.05) is 0 Å². The summed E-state index contributed by atoms with van der Waals surface area (Å²) >= 11 is 0. The number of rotatable bonds is 0. The Balaban J connectivity index is 2.32. The fourth-order valence-electron chi connectivity index (χ4n) is 1.41. The van der Waals surface area contributed by atoms with E-state index in [1.807, 2.05) is 24.3 Å². The van der Waals surface area contributed by atoms with E-state index in [4.69, 9.17) is 0 Å². The topological polar surface area (TPSA) is 52.8 Å². The zero-order valence-corrected chi connectivity index (χ0v) is 6.68. The molecule has 0 amide bonds. The minimum Gasteiger partial charge on any atom is -0.226 e. The second-order valence-electron chi connectivity index (χ2n) is 2.76. The first-order valence-electron chi connectivity index (χ1n) is 3.94. The van der Waals surface area contributed by atoms with Crippen LogP contribution >= 0.6 is 0 Å². The van der Waals surface area contributed by atoms with Crippen molar-refractivity contribution in [1.82, 2.24) is 20.5 Å². The molecule has 2 heterocycles. The summed E-state index contributed by atoms with van der Waals surface area (Å²) in [5, 5.41) is 12.0. The van der Waals surface area contributed by atoms with Crippen LogP contribution < -0.4 is 5.32 Å². The summed E-state index contributed by atoms with van der Waals surface area (Å²) in [6, 6.07) is 7.82. The van der Waals surface area contributed by atoms with Crippen molar-refractivity contribution < 1.29 is 0 Å². The summed E-state index contributed by atoms with van der Waals surface area (Å²) in [5.74, 6) is 0.663. The van der Waals surface area contributed by atoms with Crippen LogP contribution in [0, 0.1) is 0 Å². The van der Waals surface area contributed by atoms with E-state index in [-0.39, 0.29) is 0 Å². The van der Waals surface area contributed by atoms with Gasteiger partial charge in [-0.3, -0.25) is 0 Å². The first-order valence-corrected chi connectivity index (χ1v) is 3.94. The largest absolute Gasteiger partial charge is 0.226 e. The molecule has 4 heteroatoms. The van der Waals surface area contributed by atoms with E-state index >= 15 is 0 Å². The third kappa shape index (κ3) is 0.823. The van der Waals surface area contributed by atoms with Crippen molar-refractivity contribution in [2.45, 2.75) is 0 Å². The van der Waals surface area contributed by atoms with E-state index in [1.165, 1.54) is 6.33 Å². The van der Waals surface area contributed by atoms with Crippen LogP contribution in [0.4, 0.5) is 11.5 Å². The molecule has 1 radical (unpaired) electrons. The van der Waals surface area contributed by atoms with Crippen molar-refractivity contribution in [3.05, 3.63) is 30.6 Å². The van der Waals surface area contributed by atoms with Gasteiger partial charge in [-0.15, -0.1) is 10.2 Å². The molecule has 0 atom stereocenters. The molecule has 0 N–H and O–H groups in total. The Morgan fingerprint density at radius 3 is 3.00 bits per heavy atom. The third-order valence-electron chi connectivity index (χ3n) is 1.99. The molecule has 0 aliphatic carbocycles. The van der Waals surface area contributed by atoms with Crippen LogP contribution in [0.2, 0.25) is 0 Å². The lowest BCUT2D eigenvalue weighted by Gasteiger charge is -1.92. The SMILES string of the molecule is c1ccc2c(c1)[N]c1ncnnc1-2. The van der Waals surface area contributed by atoms with Gasteiger partial charge in [0.15, 0.2) is 5.82 Å². The Kier molecular flexibility index (Phi) is 1.14. The van der Waals surface area contributed by atoms with Gasteiger partial charge in [-0.2, -0.15) is 0 Å². The van der Waals surface area contributed by atoms with Crippen molar-refractivity contribution in [3.63, 3.8) is 0 Å². The maximum Gasteiger partial charge on any atom is 0.182 e. The van der Waals surface area contributed by atoms with Crippen LogP contribution in [0.25, 0.3) is 11.3 Å². The molecule has 0 saturated heterocycles. The van der Waals surface area contributed by atoms with E-state index < -0.39 is 0 Å². The van der Waals surface area contributed by atoms with Crippen LogP contribution in [0.3, 0.4) is 0 Å². The standard InChI is InChI=1S/C9H5N4/c1-2-4-7-6(3-1)8-9(12-7)10-5-11-13-8/h1-5H. The monoisotopic (exact) mass is 169 g/mol. The van der Waals surface area contributed by atoms with Gasteiger partial charge in [-0.25, -0.2) is 10.3 Å². The first kappa shape index (κ1) is 6.54. The number of nitrogens with zero attached hydrogens (tertiary/aromatic N) is 4. The average molecular weight is 169 g/mol. The molecule has 13 heavy (non-hydrogen) atoms. The minimum absolute atomic E-state index is 0.663. The third-order valence-corrected chi connectivity index (χ3v) is 1.99. The number of hydrogen-bond acceptors (Lipinski definition) is 3. The van der Waals surface area contributed by atoms with E-state index in [2.05, 4.69) is 20.5 Å². The fourth-order valence-corrected chi connectivity index (χ4v) is 1.41. The summed E-state index contributed by atoms with van der Waals surface area (Å²) < 4.78 is 0. The highest BCUT2D eigenvalue weighted by Crippen LogP contribution is 2.38. The van der Waals surface area contributed by atoms with Gasteiger partial charge in [0, 0.05) is 5.56 Å². The predicted octanol–water partition coefficient (Wildman–Crippen LogP) is 1.42. The molecule has 0 spiro atoms. The molecule has 3 rings (SSSR count). The second-order valence-corrected chi connectivity index (χ2v) is 2.76. The van der Waals surface area contributed by atoms with Gasteiger partial charge in [0.05, 0.1) is 5.69 Å². The predicted molar refractivity (Wildman–Crippen MR) is 46.7 cm³/mol. The van der Waals surface area contributed by atoms with Crippen LogP contribution in [0.5, 0.6) is 0 Å². The van der Waals surface area contributed by atoms with Gasteiger partial charge >= 0.3 is 0 Å². The smallest absolute Gasteiger partial charge is 0.182 e. The van der Waals surface area contributed by atoms with E-state index in [0.29, 0.717) is 5.82 Å². The van der Waals surface area contributed by atoms with Crippen LogP contribution in [-0.4, -0.2) is 15.2 Å². The number of benzene rings is 1. The summed E-state index contributed by atoms with van der Waals surface area (Å²) in [4.78, 5) is 4.03. The Bertz CT molecular complexity index is 423. The molecule has 1 aromatic carbocycles. The Labute approximate surface area is 74.7 Å². The van der Waals surface area contributed by atoms with E-state index in [9.17, 15) is 0 Å². The van der Waals surface area contributed by atoms with Gasteiger partial charge in [-0.1, -0.05) is 18.2 Å². The molecule has 1 aliphatic heterocycles. The van der Waals surface area contributed by atoms with Gasteiger partial charge in [0.2, 0.25) is 0 Å². The summed E-state index contributed by atoms with van der Waals surface area (Å²) in [6.07, 6.45) is 1.41. The summed E-state index contributed by atoms with van der Waals surface area (Å²) in [7, 11) is 0. The second kappa shape index (κ2) is 2.26. The zero-order chi connectivity index (χ0) is 8.67. The van der Waals surface area contributed by atoms with Crippen molar-refractivity contribution >= 4 is 11.5 Å². The highest BCUT2D eigenvalue weighted by molar-refractivity contribution is 5.85. The number of aromatic nitrogens is 3. The maximum atomic E-state index is 4.30. The van der Waals surface area contributed by atoms with Crippen LogP contribution in [0.15, 0.2) is 30.6 Å². The normalized spacial score (nSPS) is 11.7. The average Bonchev–Trinajstić information content (AvgIpc) is 2.56. The Morgan fingerprint density at radius 1 is 1.08 bits per heavy atom. The van der Waals surface area contributed by atoms with Gasteiger partial charge in [0.25, 0.3) is 0 Å². The number of fused-ring (bicyclic) bond motifs is 3. The quantitative estimate of drug-likeness (QED) is 0.511. The van der Waals surface area contributed by atoms with E-state index in [0.717, 1.165) is 16.9 Å². The molecule has 4 nitrogen and oxygen atoms in total. The van der Waals surface area contributed by atoms with Gasteiger partial charge in [0.1, 0.15) is 12.0 Å². The minimum atomic E-state index is 0.663. The van der Waals surface area contributed by atoms with Crippen molar-refractivity contribution in [3.8, 4) is 11.3 Å². The lowest BCUT2D eigenvalue weighted by Crippen LogP contribution is -1.89. The Hall–Kier alpha value is -1.97. The highest BCUT2D eigenvalue weighted by atomic mass is 15.2. The van der Waals surface area contributed by atoms with Gasteiger partial charge < -0.3 is 0 Å². The van der Waals surface area contributed by atoms with Crippen molar-refractivity contribution in [2.24, 2.45) is 0 Å². The summed E-state index contributed by atoms with van der Waals surface area (Å²) in [6.45, 7) is 0. The number of hydrogen-bond donors (Lipinski definition) is 0. The highest BCUT2D eigenvalue weighted by Gasteiger charge is 2.21. The molecule has 0 saturated carbocycles. The van der Waals surface area contributed by atoms with E-state index in [1.54, 1.807) is 0 Å². The van der Waals surface area contributed by atoms with Crippen LogP contribution in [-0.2, 0) is 0 Å². The molecule has 1 aromatic heterocycles. The molecular weight excluding hydrogens is 164 g/mol. The molecule has 61 valence electrons. The zero-order valence-electron chi connectivity index (χ0n) is 6.68. The molecule has 0 bridgehead atoms. The molecular formula is C9H5N4. The van der Waals surface area contributed by atoms with Gasteiger partial charge in [-0.05, 0) is 6.07 Å². The fraction of sp³-hybridized carbons (Fsp3) is 0. The lowest BCUT2D eigenvalue weighted by atomic mass is 10.2.